The zero-order chi connectivity index (χ0) is 20.4. The molecule has 150 valence electrons. The summed E-state index contributed by atoms with van der Waals surface area (Å²) in [5, 5.41) is 5.42. The van der Waals surface area contributed by atoms with E-state index in [2.05, 4.69) is 22.8 Å². The lowest BCUT2D eigenvalue weighted by Crippen LogP contribution is -2.46. The van der Waals surface area contributed by atoms with Gasteiger partial charge >= 0.3 is 0 Å². The van der Waals surface area contributed by atoms with Gasteiger partial charge in [0.1, 0.15) is 6.04 Å². The molecule has 1 saturated heterocycles. The molecule has 5 aliphatic rings. The summed E-state index contributed by atoms with van der Waals surface area (Å²) in [6.45, 7) is 3.02. The average molecular weight is 393 g/mol. The van der Waals surface area contributed by atoms with Crippen LogP contribution in [0.3, 0.4) is 0 Å². The normalized spacial score (nSPS) is 34.5. The molecule has 7 unspecified atom stereocenters. The second kappa shape index (κ2) is 6.27. The SMILES string of the molecule is CC(=O)Nc1ccc(NC(=O)C(C)N2C(=O)C3C4C=CC(C5CC45)C3C2=O)cc1. The van der Waals surface area contributed by atoms with Crippen LogP contribution in [0.25, 0.3) is 0 Å². The number of rotatable bonds is 4. The highest BCUT2D eigenvalue weighted by Crippen LogP contribution is 2.65. The van der Waals surface area contributed by atoms with Crippen molar-refractivity contribution in [2.75, 3.05) is 10.6 Å². The van der Waals surface area contributed by atoms with Crippen molar-refractivity contribution >= 4 is 35.0 Å². The van der Waals surface area contributed by atoms with E-state index in [0.29, 0.717) is 23.2 Å². The monoisotopic (exact) mass is 393 g/mol. The number of likely N-dealkylation sites (tertiary alicyclic amines) is 1. The molecule has 7 atom stereocenters. The second-order valence-electron chi connectivity index (χ2n) is 8.62. The number of nitrogens with zero attached hydrogens (tertiary/aromatic N) is 1. The van der Waals surface area contributed by atoms with Gasteiger partial charge in [-0.25, -0.2) is 0 Å². The smallest absolute Gasteiger partial charge is 0.247 e. The van der Waals surface area contributed by atoms with E-state index >= 15 is 0 Å². The minimum absolute atomic E-state index is 0.146. The number of benzene rings is 1. The second-order valence-corrected chi connectivity index (χ2v) is 8.62. The summed E-state index contributed by atoms with van der Waals surface area (Å²) >= 11 is 0. The van der Waals surface area contributed by atoms with Gasteiger partial charge in [0.05, 0.1) is 11.8 Å². The molecule has 2 bridgehead atoms. The Morgan fingerprint density at radius 2 is 1.41 bits per heavy atom. The van der Waals surface area contributed by atoms with Crippen LogP contribution in [0.5, 0.6) is 0 Å². The van der Waals surface area contributed by atoms with E-state index in [1.807, 2.05) is 0 Å². The Hall–Kier alpha value is -2.96. The maximum atomic E-state index is 13.1. The maximum Gasteiger partial charge on any atom is 0.247 e. The average Bonchev–Trinajstić information content (AvgIpc) is 3.46. The molecule has 1 aromatic carbocycles. The lowest BCUT2D eigenvalue weighted by Gasteiger charge is -2.37. The number of carbonyl (C=O) groups excluding carboxylic acids is 4. The Morgan fingerprint density at radius 3 is 1.90 bits per heavy atom. The van der Waals surface area contributed by atoms with Gasteiger partial charge in [0.15, 0.2) is 0 Å². The van der Waals surface area contributed by atoms with Crippen molar-refractivity contribution in [3.05, 3.63) is 36.4 Å². The Kier molecular flexibility index (Phi) is 3.91. The largest absolute Gasteiger partial charge is 0.326 e. The van der Waals surface area contributed by atoms with Gasteiger partial charge in [-0.2, -0.15) is 0 Å². The summed E-state index contributed by atoms with van der Waals surface area (Å²) < 4.78 is 0. The van der Waals surface area contributed by atoms with Crippen LogP contribution in [0.1, 0.15) is 20.3 Å². The zero-order valence-corrected chi connectivity index (χ0v) is 16.3. The van der Waals surface area contributed by atoms with Crippen LogP contribution in [-0.2, 0) is 19.2 Å². The molecular formula is C22H23N3O4. The number of allylic oxidation sites excluding steroid dienone is 2. The molecule has 0 aromatic heterocycles. The van der Waals surface area contributed by atoms with Crippen LogP contribution in [0, 0.1) is 35.5 Å². The first-order chi connectivity index (χ1) is 13.9. The van der Waals surface area contributed by atoms with Gasteiger partial charge in [0, 0.05) is 18.3 Å². The van der Waals surface area contributed by atoms with Crippen molar-refractivity contribution in [2.45, 2.75) is 26.3 Å². The van der Waals surface area contributed by atoms with Crippen LogP contribution < -0.4 is 10.6 Å². The van der Waals surface area contributed by atoms with Gasteiger partial charge in [-0.05, 0) is 61.3 Å². The van der Waals surface area contributed by atoms with Crippen molar-refractivity contribution in [1.82, 2.24) is 4.90 Å². The number of imide groups is 1. The predicted octanol–water partition coefficient (Wildman–Crippen LogP) is 2.03. The van der Waals surface area contributed by atoms with E-state index in [0.717, 1.165) is 6.42 Å². The molecule has 2 N–H and O–H groups in total. The molecule has 0 radical (unpaired) electrons. The summed E-state index contributed by atoms with van der Waals surface area (Å²) in [6, 6.07) is 5.82. The van der Waals surface area contributed by atoms with E-state index in [1.165, 1.54) is 11.8 Å². The molecule has 7 heteroatoms. The van der Waals surface area contributed by atoms with E-state index in [-0.39, 0.29) is 41.4 Å². The van der Waals surface area contributed by atoms with Gasteiger partial charge in [-0.1, -0.05) is 12.2 Å². The molecule has 2 saturated carbocycles. The number of hydrogen-bond acceptors (Lipinski definition) is 4. The summed E-state index contributed by atoms with van der Waals surface area (Å²) in [5.41, 5.74) is 1.16. The minimum Gasteiger partial charge on any atom is -0.326 e. The molecule has 7 nitrogen and oxygen atoms in total. The summed E-state index contributed by atoms with van der Waals surface area (Å²) in [6.07, 6.45) is 5.35. The Morgan fingerprint density at radius 1 is 0.931 bits per heavy atom. The molecule has 6 rings (SSSR count). The lowest BCUT2D eigenvalue weighted by molar-refractivity contribution is -0.146. The molecule has 4 aliphatic carbocycles. The predicted molar refractivity (Wildman–Crippen MR) is 105 cm³/mol. The number of hydrogen-bond donors (Lipinski definition) is 2. The molecule has 4 amide bonds. The minimum atomic E-state index is -0.869. The maximum absolute atomic E-state index is 13.1. The number of amides is 4. The number of carbonyl (C=O) groups is 4. The van der Waals surface area contributed by atoms with Gasteiger partial charge < -0.3 is 10.6 Å². The van der Waals surface area contributed by atoms with Crippen LogP contribution in [0.4, 0.5) is 11.4 Å². The fourth-order valence-corrected chi connectivity index (χ4v) is 5.57. The van der Waals surface area contributed by atoms with Crippen LogP contribution in [-0.4, -0.2) is 34.6 Å². The van der Waals surface area contributed by atoms with E-state index in [9.17, 15) is 19.2 Å². The van der Waals surface area contributed by atoms with Crippen molar-refractivity contribution in [1.29, 1.82) is 0 Å². The molecule has 1 heterocycles. The molecule has 1 aliphatic heterocycles. The van der Waals surface area contributed by atoms with E-state index < -0.39 is 11.9 Å². The molecular weight excluding hydrogens is 370 g/mol. The third-order valence-electron chi connectivity index (χ3n) is 6.94. The Balaban J connectivity index is 1.30. The van der Waals surface area contributed by atoms with E-state index in [4.69, 9.17) is 0 Å². The highest BCUT2D eigenvalue weighted by atomic mass is 16.2. The highest BCUT2D eigenvalue weighted by Gasteiger charge is 2.67. The third-order valence-corrected chi connectivity index (χ3v) is 6.94. The lowest BCUT2D eigenvalue weighted by atomic mass is 9.63. The fourth-order valence-electron chi connectivity index (χ4n) is 5.57. The fraction of sp³-hybridized carbons (Fsp3) is 0.455. The van der Waals surface area contributed by atoms with Crippen molar-refractivity contribution in [3.63, 3.8) is 0 Å². The molecule has 1 aromatic rings. The van der Waals surface area contributed by atoms with Crippen molar-refractivity contribution < 1.29 is 19.2 Å². The zero-order valence-electron chi connectivity index (χ0n) is 16.3. The standard InChI is InChI=1S/C22H23N3O4/c1-10(20(27)24-13-5-3-12(4-6-13)23-11(2)26)25-21(28)18-14-7-8-15(17-9-16(14)17)19(18)22(25)29/h3-8,10,14-19H,9H2,1-2H3,(H,23,26)(H,24,27). The Labute approximate surface area is 168 Å². The summed E-state index contributed by atoms with van der Waals surface area (Å²) in [4.78, 5) is 51.3. The van der Waals surface area contributed by atoms with Crippen LogP contribution in [0.2, 0.25) is 0 Å². The first kappa shape index (κ1) is 18.1. The van der Waals surface area contributed by atoms with Gasteiger partial charge in [-0.15, -0.1) is 0 Å². The highest BCUT2D eigenvalue weighted by molar-refractivity contribution is 6.10. The molecule has 29 heavy (non-hydrogen) atoms. The van der Waals surface area contributed by atoms with Gasteiger partial charge in [0.2, 0.25) is 23.6 Å². The Bertz CT molecular complexity index is 917. The van der Waals surface area contributed by atoms with Crippen molar-refractivity contribution in [2.24, 2.45) is 35.5 Å². The quantitative estimate of drug-likeness (QED) is 0.604. The number of nitrogens with one attached hydrogen (secondary N) is 2. The topological polar surface area (TPSA) is 95.6 Å². The van der Waals surface area contributed by atoms with E-state index in [1.54, 1.807) is 31.2 Å². The van der Waals surface area contributed by atoms with Crippen molar-refractivity contribution in [3.8, 4) is 0 Å². The third kappa shape index (κ3) is 2.71. The first-order valence-electron chi connectivity index (χ1n) is 10.1. The van der Waals surface area contributed by atoms with Gasteiger partial charge in [0.25, 0.3) is 0 Å². The van der Waals surface area contributed by atoms with Gasteiger partial charge in [-0.3, -0.25) is 24.1 Å². The van der Waals surface area contributed by atoms with Crippen LogP contribution in [0.15, 0.2) is 36.4 Å². The summed E-state index contributed by atoms with van der Waals surface area (Å²) in [7, 11) is 0. The van der Waals surface area contributed by atoms with Crippen LogP contribution >= 0.6 is 0 Å². The molecule has 0 spiro atoms. The first-order valence-corrected chi connectivity index (χ1v) is 10.1. The summed E-state index contributed by atoms with van der Waals surface area (Å²) in [5.74, 6) is -0.208. The number of anilines is 2. The molecule has 3 fully saturated rings.